The fourth-order valence-corrected chi connectivity index (χ4v) is 2.18. The van der Waals surface area contributed by atoms with Crippen molar-refractivity contribution in [2.45, 2.75) is 18.9 Å². The molecule has 0 saturated heterocycles. The summed E-state index contributed by atoms with van der Waals surface area (Å²) in [5.41, 5.74) is 0.465. The molecule has 0 aliphatic rings. The molecule has 2 N–H and O–H groups in total. The maximum Gasteiger partial charge on any atom is 0.334 e. The summed E-state index contributed by atoms with van der Waals surface area (Å²) in [6.07, 6.45) is 0.460. The van der Waals surface area contributed by atoms with Crippen molar-refractivity contribution in [2.24, 2.45) is 0 Å². The topological polar surface area (TPSA) is 49.3 Å². The minimum atomic E-state index is -1.09. The van der Waals surface area contributed by atoms with Crippen LogP contribution in [0.5, 0.6) is 0 Å². The summed E-state index contributed by atoms with van der Waals surface area (Å²) in [6, 6.07) is 18.7. The van der Waals surface area contributed by atoms with Crippen molar-refractivity contribution in [1.29, 1.82) is 0 Å². The van der Waals surface area contributed by atoms with Crippen LogP contribution in [0.3, 0.4) is 0 Å². The average Bonchev–Trinajstić information content (AvgIpc) is 2.46. The summed E-state index contributed by atoms with van der Waals surface area (Å²) in [6.45, 7) is 1.87. The Balaban J connectivity index is 2.44. The van der Waals surface area contributed by atoms with Crippen LogP contribution in [0.15, 0.2) is 60.7 Å². The number of hydrogen-bond donors (Lipinski definition) is 2. The normalized spacial score (nSPS) is 13.5. The van der Waals surface area contributed by atoms with E-state index in [-0.39, 0.29) is 0 Å². The van der Waals surface area contributed by atoms with Gasteiger partial charge in [0.05, 0.1) is 0 Å². The minimum absolute atomic E-state index is 0.460. The lowest BCUT2D eigenvalue weighted by Crippen LogP contribution is -2.42. The second-order valence-electron chi connectivity index (χ2n) is 4.42. The Kier molecular flexibility index (Phi) is 3.85. The van der Waals surface area contributed by atoms with E-state index in [0.717, 1.165) is 11.3 Å². The average molecular weight is 255 g/mol. The maximum atomic E-state index is 11.8. The van der Waals surface area contributed by atoms with Crippen LogP contribution < -0.4 is 5.32 Å². The van der Waals surface area contributed by atoms with Gasteiger partial charge in [0.1, 0.15) is 0 Å². The van der Waals surface area contributed by atoms with Gasteiger partial charge in [0.15, 0.2) is 5.54 Å². The van der Waals surface area contributed by atoms with Gasteiger partial charge in [0.2, 0.25) is 0 Å². The highest BCUT2D eigenvalue weighted by Gasteiger charge is 2.38. The van der Waals surface area contributed by atoms with Crippen molar-refractivity contribution in [1.82, 2.24) is 0 Å². The summed E-state index contributed by atoms with van der Waals surface area (Å²) in [5.74, 6) is -0.870. The van der Waals surface area contributed by atoms with Gasteiger partial charge in [-0.05, 0) is 24.1 Å². The van der Waals surface area contributed by atoms with Gasteiger partial charge in [-0.1, -0.05) is 55.5 Å². The lowest BCUT2D eigenvalue weighted by molar-refractivity contribution is -0.142. The number of carbonyl (C=O) groups is 1. The third-order valence-corrected chi connectivity index (χ3v) is 3.29. The van der Waals surface area contributed by atoms with E-state index in [1.165, 1.54) is 0 Å². The van der Waals surface area contributed by atoms with E-state index in [0.29, 0.717) is 6.42 Å². The zero-order valence-corrected chi connectivity index (χ0v) is 10.8. The van der Waals surface area contributed by atoms with E-state index < -0.39 is 11.5 Å². The molecule has 3 nitrogen and oxygen atoms in total. The maximum absolute atomic E-state index is 11.8. The Morgan fingerprint density at radius 2 is 1.58 bits per heavy atom. The molecule has 0 radical (unpaired) electrons. The summed E-state index contributed by atoms with van der Waals surface area (Å²) < 4.78 is 0. The molecule has 0 fully saturated rings. The minimum Gasteiger partial charge on any atom is -0.479 e. The van der Waals surface area contributed by atoms with Gasteiger partial charge < -0.3 is 10.4 Å². The number of nitrogens with one attached hydrogen (secondary N) is 1. The second-order valence-corrected chi connectivity index (χ2v) is 4.42. The molecule has 0 aliphatic heterocycles. The van der Waals surface area contributed by atoms with E-state index >= 15 is 0 Å². The van der Waals surface area contributed by atoms with Gasteiger partial charge >= 0.3 is 5.97 Å². The van der Waals surface area contributed by atoms with Crippen LogP contribution in [0.25, 0.3) is 0 Å². The highest BCUT2D eigenvalue weighted by atomic mass is 16.4. The van der Waals surface area contributed by atoms with Crippen molar-refractivity contribution in [2.75, 3.05) is 5.32 Å². The fourth-order valence-electron chi connectivity index (χ4n) is 2.18. The first kappa shape index (κ1) is 13.1. The molecule has 1 atom stereocenters. The molecule has 2 aromatic carbocycles. The molecule has 3 heteroatoms. The Morgan fingerprint density at radius 1 is 1.05 bits per heavy atom. The van der Waals surface area contributed by atoms with Crippen molar-refractivity contribution in [3.05, 3.63) is 66.2 Å². The van der Waals surface area contributed by atoms with Crippen LogP contribution in [0, 0.1) is 0 Å². The first-order valence-corrected chi connectivity index (χ1v) is 6.31. The fraction of sp³-hybridized carbons (Fsp3) is 0.188. The van der Waals surface area contributed by atoms with Crippen LogP contribution in [0.2, 0.25) is 0 Å². The van der Waals surface area contributed by atoms with E-state index in [2.05, 4.69) is 5.32 Å². The summed E-state index contributed by atoms with van der Waals surface area (Å²) >= 11 is 0. The second kappa shape index (κ2) is 5.57. The molecule has 0 heterocycles. The molecule has 2 rings (SSSR count). The summed E-state index contributed by atoms with van der Waals surface area (Å²) in [5, 5.41) is 12.8. The quantitative estimate of drug-likeness (QED) is 0.859. The molecule has 0 aliphatic carbocycles. The lowest BCUT2D eigenvalue weighted by Gasteiger charge is -2.31. The molecule has 0 aromatic heterocycles. The molecule has 0 saturated carbocycles. The molecule has 0 spiro atoms. The predicted molar refractivity (Wildman–Crippen MR) is 76.1 cm³/mol. The third-order valence-electron chi connectivity index (χ3n) is 3.29. The molecule has 98 valence electrons. The number of carboxylic acid groups (broad SMARTS) is 1. The van der Waals surface area contributed by atoms with Gasteiger partial charge in [-0.15, -0.1) is 0 Å². The lowest BCUT2D eigenvalue weighted by atomic mass is 9.87. The molecular formula is C16H17NO2. The monoisotopic (exact) mass is 255 g/mol. The highest BCUT2D eigenvalue weighted by Crippen LogP contribution is 2.30. The Hall–Kier alpha value is -2.29. The predicted octanol–water partition coefficient (Wildman–Crippen LogP) is 3.49. The van der Waals surface area contributed by atoms with Crippen molar-refractivity contribution in [3.63, 3.8) is 0 Å². The van der Waals surface area contributed by atoms with Crippen LogP contribution >= 0.6 is 0 Å². The third kappa shape index (κ3) is 2.60. The van der Waals surface area contributed by atoms with Crippen molar-refractivity contribution in [3.8, 4) is 0 Å². The Labute approximate surface area is 112 Å². The van der Waals surface area contributed by atoms with E-state index in [4.69, 9.17) is 0 Å². The van der Waals surface area contributed by atoms with Gasteiger partial charge in [-0.3, -0.25) is 0 Å². The SMILES string of the molecule is CCC(Nc1ccccc1)(C(=O)O)c1ccccc1. The summed E-state index contributed by atoms with van der Waals surface area (Å²) in [4.78, 5) is 11.8. The van der Waals surface area contributed by atoms with Gasteiger partial charge in [-0.2, -0.15) is 0 Å². The number of rotatable bonds is 5. The van der Waals surface area contributed by atoms with Crippen LogP contribution in [0.1, 0.15) is 18.9 Å². The van der Waals surface area contributed by atoms with E-state index in [1.807, 2.05) is 67.6 Å². The zero-order chi connectivity index (χ0) is 13.7. The largest absolute Gasteiger partial charge is 0.479 e. The number of carboxylic acids is 1. The first-order chi connectivity index (χ1) is 9.19. The summed E-state index contributed by atoms with van der Waals surface area (Å²) in [7, 11) is 0. The highest BCUT2D eigenvalue weighted by molar-refractivity contribution is 5.84. The standard InChI is InChI=1S/C16H17NO2/c1-2-16(15(18)19,13-9-5-3-6-10-13)17-14-11-7-4-8-12-14/h3-12,17H,2H2,1H3,(H,18,19). The molecular weight excluding hydrogens is 238 g/mol. The number of para-hydroxylation sites is 1. The molecule has 0 bridgehead atoms. The van der Waals surface area contributed by atoms with Gasteiger partial charge in [0, 0.05) is 5.69 Å². The van der Waals surface area contributed by atoms with E-state index in [1.54, 1.807) is 0 Å². The molecule has 0 amide bonds. The smallest absolute Gasteiger partial charge is 0.334 e. The van der Waals surface area contributed by atoms with Gasteiger partial charge in [0.25, 0.3) is 0 Å². The zero-order valence-electron chi connectivity index (χ0n) is 10.8. The first-order valence-electron chi connectivity index (χ1n) is 6.31. The number of anilines is 1. The Morgan fingerprint density at radius 3 is 2.05 bits per heavy atom. The van der Waals surface area contributed by atoms with E-state index in [9.17, 15) is 9.90 Å². The van der Waals surface area contributed by atoms with Crippen LogP contribution in [0.4, 0.5) is 5.69 Å². The number of benzene rings is 2. The number of aliphatic carboxylic acids is 1. The van der Waals surface area contributed by atoms with Crippen molar-refractivity contribution >= 4 is 11.7 Å². The van der Waals surface area contributed by atoms with Crippen LogP contribution in [-0.4, -0.2) is 11.1 Å². The van der Waals surface area contributed by atoms with Crippen molar-refractivity contribution < 1.29 is 9.90 Å². The van der Waals surface area contributed by atoms with Gasteiger partial charge in [-0.25, -0.2) is 4.79 Å². The molecule has 2 aromatic rings. The molecule has 19 heavy (non-hydrogen) atoms. The number of hydrogen-bond acceptors (Lipinski definition) is 2. The Bertz CT molecular complexity index is 539. The molecule has 1 unspecified atom stereocenters. The van der Waals surface area contributed by atoms with Crippen LogP contribution in [-0.2, 0) is 10.3 Å².